The fourth-order valence-electron chi connectivity index (χ4n) is 4.67. The number of amides is 4. The smallest absolute Gasteiger partial charge is 0.337 e. The molecule has 1 heterocycles. The number of anilines is 1. The lowest BCUT2D eigenvalue weighted by Crippen LogP contribution is -2.54. The summed E-state index contributed by atoms with van der Waals surface area (Å²) in [4.78, 5) is 51.1. The van der Waals surface area contributed by atoms with Crippen molar-refractivity contribution in [3.05, 3.63) is 106 Å². The molecule has 1 aliphatic rings. The van der Waals surface area contributed by atoms with Crippen LogP contribution in [0.25, 0.3) is 16.8 Å². The largest absolute Gasteiger partial charge is 0.493 e. The summed E-state index contributed by atoms with van der Waals surface area (Å²) in [6, 6.07) is 19.9. The second-order valence-electron chi connectivity index (χ2n) is 9.40. The number of hydrogen-bond donors (Lipinski definition) is 1. The Hall–Kier alpha value is -5.15. The number of barbiturate groups is 1. The maximum Gasteiger partial charge on any atom is 0.337 e. The SMILES string of the molecule is COC(=O)c1ccc(N2C(=O)NC(=O)/C(=C\c3cc(Cl)c(OCc4c(C)ccc5ccccc45)c(OC)c3)C2=O)cc1. The summed E-state index contributed by atoms with van der Waals surface area (Å²) in [5.41, 5.74) is 2.53. The van der Waals surface area contributed by atoms with Gasteiger partial charge in [0.2, 0.25) is 0 Å². The highest BCUT2D eigenvalue weighted by atomic mass is 35.5. The van der Waals surface area contributed by atoms with Crippen molar-refractivity contribution in [1.82, 2.24) is 5.32 Å². The quantitative estimate of drug-likeness (QED) is 0.165. The van der Waals surface area contributed by atoms with Crippen LogP contribution in [0.15, 0.2) is 78.4 Å². The van der Waals surface area contributed by atoms with Gasteiger partial charge in [-0.05, 0) is 71.3 Å². The Balaban J connectivity index is 1.43. The Kier molecular flexibility index (Phi) is 7.95. The summed E-state index contributed by atoms with van der Waals surface area (Å²) in [6.07, 6.45) is 1.31. The molecule has 4 amide bonds. The molecule has 42 heavy (non-hydrogen) atoms. The molecule has 5 rings (SSSR count). The first-order valence-electron chi connectivity index (χ1n) is 12.8. The van der Waals surface area contributed by atoms with Crippen LogP contribution in [0.3, 0.4) is 0 Å². The Bertz CT molecular complexity index is 1780. The summed E-state index contributed by atoms with van der Waals surface area (Å²) < 4.78 is 16.3. The molecular weight excluding hydrogens is 560 g/mol. The van der Waals surface area contributed by atoms with Crippen LogP contribution >= 0.6 is 11.6 Å². The van der Waals surface area contributed by atoms with E-state index < -0.39 is 23.8 Å². The van der Waals surface area contributed by atoms with E-state index in [1.54, 1.807) is 6.07 Å². The average Bonchev–Trinajstić information content (AvgIpc) is 2.99. The number of fused-ring (bicyclic) bond motifs is 1. The standard InChI is InChI=1S/C32H25ClN2O7/c1-18-8-9-20-6-4-5-7-23(20)25(18)17-42-28-26(33)15-19(16-27(28)40-2)14-24-29(36)34-32(39)35(30(24)37)22-12-10-21(11-13-22)31(38)41-3/h4-16H,17H2,1-3H3,(H,34,36,39)/b24-14+. The van der Waals surface area contributed by atoms with E-state index in [-0.39, 0.29) is 28.5 Å². The third kappa shape index (κ3) is 5.42. The second kappa shape index (κ2) is 11.8. The summed E-state index contributed by atoms with van der Waals surface area (Å²) in [6.45, 7) is 2.24. The highest BCUT2D eigenvalue weighted by Gasteiger charge is 2.37. The van der Waals surface area contributed by atoms with Crippen molar-refractivity contribution in [2.75, 3.05) is 19.1 Å². The fraction of sp³-hybridized carbons (Fsp3) is 0.125. The van der Waals surface area contributed by atoms with Gasteiger partial charge < -0.3 is 14.2 Å². The number of rotatable bonds is 7. The molecule has 4 aromatic rings. The molecule has 0 aliphatic carbocycles. The molecule has 0 aromatic heterocycles. The van der Waals surface area contributed by atoms with Gasteiger partial charge in [0.25, 0.3) is 11.8 Å². The van der Waals surface area contributed by atoms with Gasteiger partial charge in [-0.3, -0.25) is 14.9 Å². The normalized spacial score (nSPS) is 14.2. The average molecular weight is 585 g/mol. The molecule has 1 N–H and O–H groups in total. The van der Waals surface area contributed by atoms with Crippen molar-refractivity contribution in [2.24, 2.45) is 0 Å². The predicted octanol–water partition coefficient (Wildman–Crippen LogP) is 5.84. The molecule has 0 saturated carbocycles. The number of benzene rings is 4. The Morgan fingerprint density at radius 2 is 1.71 bits per heavy atom. The number of imide groups is 2. The second-order valence-corrected chi connectivity index (χ2v) is 9.81. The first kappa shape index (κ1) is 28.4. The number of methoxy groups -OCH3 is 2. The van der Waals surface area contributed by atoms with E-state index in [1.807, 2.05) is 37.3 Å². The topological polar surface area (TPSA) is 111 Å². The number of urea groups is 1. The van der Waals surface area contributed by atoms with Crippen molar-refractivity contribution in [3.8, 4) is 11.5 Å². The maximum absolute atomic E-state index is 13.3. The number of carbonyl (C=O) groups excluding carboxylic acids is 4. The van der Waals surface area contributed by atoms with Crippen molar-refractivity contribution < 1.29 is 33.4 Å². The van der Waals surface area contributed by atoms with Crippen LogP contribution in [0, 0.1) is 6.92 Å². The van der Waals surface area contributed by atoms with Crippen molar-refractivity contribution in [1.29, 1.82) is 0 Å². The molecule has 10 heteroatoms. The van der Waals surface area contributed by atoms with Gasteiger partial charge in [-0.2, -0.15) is 0 Å². The number of aryl methyl sites for hydroxylation is 1. The van der Waals surface area contributed by atoms with E-state index in [0.717, 1.165) is 26.8 Å². The molecule has 4 aromatic carbocycles. The molecule has 1 aliphatic heterocycles. The number of carbonyl (C=O) groups is 4. The summed E-state index contributed by atoms with van der Waals surface area (Å²) in [5, 5.41) is 4.52. The third-order valence-corrected chi connectivity index (χ3v) is 7.13. The molecule has 9 nitrogen and oxygen atoms in total. The number of ether oxygens (including phenoxy) is 3. The van der Waals surface area contributed by atoms with Crippen LogP contribution in [0.5, 0.6) is 11.5 Å². The van der Waals surface area contributed by atoms with Crippen molar-refractivity contribution in [3.63, 3.8) is 0 Å². The summed E-state index contributed by atoms with van der Waals surface area (Å²) in [5.74, 6) is -1.69. The van der Waals surface area contributed by atoms with E-state index in [2.05, 4.69) is 16.1 Å². The zero-order valence-electron chi connectivity index (χ0n) is 22.9. The van der Waals surface area contributed by atoms with Crippen LogP contribution in [-0.2, 0) is 20.9 Å². The van der Waals surface area contributed by atoms with E-state index >= 15 is 0 Å². The minimum Gasteiger partial charge on any atom is -0.493 e. The molecule has 1 fully saturated rings. The van der Waals surface area contributed by atoms with Crippen molar-refractivity contribution in [2.45, 2.75) is 13.5 Å². The van der Waals surface area contributed by atoms with Gasteiger partial charge >= 0.3 is 12.0 Å². The molecule has 0 spiro atoms. The first-order chi connectivity index (χ1) is 20.2. The van der Waals surface area contributed by atoms with Gasteiger partial charge in [0, 0.05) is 5.56 Å². The highest BCUT2D eigenvalue weighted by molar-refractivity contribution is 6.39. The lowest BCUT2D eigenvalue weighted by atomic mass is 10.0. The lowest BCUT2D eigenvalue weighted by molar-refractivity contribution is -0.122. The molecule has 0 radical (unpaired) electrons. The van der Waals surface area contributed by atoms with Crippen LogP contribution < -0.4 is 19.7 Å². The molecular formula is C32H25ClN2O7. The minimum absolute atomic E-state index is 0.159. The number of halogens is 1. The highest BCUT2D eigenvalue weighted by Crippen LogP contribution is 2.38. The number of esters is 1. The molecule has 0 atom stereocenters. The zero-order chi connectivity index (χ0) is 30.0. The fourth-order valence-corrected chi connectivity index (χ4v) is 4.94. The van der Waals surface area contributed by atoms with Gasteiger partial charge in [0.1, 0.15) is 12.2 Å². The van der Waals surface area contributed by atoms with E-state index in [1.165, 1.54) is 50.6 Å². The zero-order valence-corrected chi connectivity index (χ0v) is 23.7. The van der Waals surface area contributed by atoms with Crippen LogP contribution in [0.2, 0.25) is 5.02 Å². The van der Waals surface area contributed by atoms with Gasteiger partial charge in [-0.25, -0.2) is 14.5 Å². The van der Waals surface area contributed by atoms with Gasteiger partial charge in [-0.15, -0.1) is 0 Å². The molecule has 0 bridgehead atoms. The minimum atomic E-state index is -0.920. The van der Waals surface area contributed by atoms with E-state index in [9.17, 15) is 19.2 Å². The van der Waals surface area contributed by atoms with Crippen molar-refractivity contribution >= 4 is 58.0 Å². The molecule has 1 saturated heterocycles. The molecule has 212 valence electrons. The maximum atomic E-state index is 13.3. The Morgan fingerprint density at radius 1 is 0.976 bits per heavy atom. The number of hydrogen-bond acceptors (Lipinski definition) is 7. The first-order valence-corrected chi connectivity index (χ1v) is 13.2. The van der Waals surface area contributed by atoms with Gasteiger partial charge in [0.05, 0.1) is 30.5 Å². The number of nitrogens with zero attached hydrogens (tertiary/aromatic N) is 1. The Labute approximate surface area is 246 Å². The molecule has 0 unspecified atom stereocenters. The predicted molar refractivity (Wildman–Crippen MR) is 158 cm³/mol. The number of nitrogens with one attached hydrogen (secondary N) is 1. The third-order valence-electron chi connectivity index (χ3n) is 6.85. The summed E-state index contributed by atoms with van der Waals surface area (Å²) >= 11 is 6.61. The van der Waals surface area contributed by atoms with E-state index in [4.69, 9.17) is 21.1 Å². The van der Waals surface area contributed by atoms with Crippen LogP contribution in [-0.4, -0.2) is 38.0 Å². The summed E-state index contributed by atoms with van der Waals surface area (Å²) in [7, 11) is 2.70. The van der Waals surface area contributed by atoms with Gasteiger partial charge in [0.15, 0.2) is 11.5 Å². The van der Waals surface area contributed by atoms with Crippen LogP contribution in [0.1, 0.15) is 27.0 Å². The van der Waals surface area contributed by atoms with E-state index in [0.29, 0.717) is 17.1 Å². The van der Waals surface area contributed by atoms with Gasteiger partial charge in [-0.1, -0.05) is 48.0 Å². The monoisotopic (exact) mass is 584 g/mol. The van der Waals surface area contributed by atoms with Crippen LogP contribution in [0.4, 0.5) is 10.5 Å². The Morgan fingerprint density at radius 3 is 2.43 bits per heavy atom. The lowest BCUT2D eigenvalue weighted by Gasteiger charge is -2.26.